The van der Waals surface area contributed by atoms with E-state index in [0.29, 0.717) is 11.3 Å². The van der Waals surface area contributed by atoms with Crippen LogP contribution in [-0.2, 0) is 5.33 Å². The van der Waals surface area contributed by atoms with Crippen LogP contribution in [0.4, 0.5) is 0 Å². The maximum absolute atomic E-state index is 9.19. The standard InChI is InChI=1S/C15H12BrNOS/c1-19-15-5-3-2-4-14(15)18-13-7-6-11(9-16)8-12(13)10-17/h2-8H,9H2,1H3. The van der Waals surface area contributed by atoms with Gasteiger partial charge < -0.3 is 4.74 Å². The van der Waals surface area contributed by atoms with E-state index < -0.39 is 0 Å². The van der Waals surface area contributed by atoms with Gasteiger partial charge in [0.25, 0.3) is 0 Å². The summed E-state index contributed by atoms with van der Waals surface area (Å²) in [6.45, 7) is 0. The third-order valence-corrected chi connectivity index (χ3v) is 4.03. The second kappa shape index (κ2) is 6.65. The zero-order valence-electron chi connectivity index (χ0n) is 10.4. The molecule has 2 aromatic carbocycles. The number of hydrogen-bond acceptors (Lipinski definition) is 3. The van der Waals surface area contributed by atoms with Crippen molar-refractivity contribution in [3.05, 3.63) is 53.6 Å². The van der Waals surface area contributed by atoms with Gasteiger partial charge in [-0.15, -0.1) is 11.8 Å². The fraction of sp³-hybridized carbons (Fsp3) is 0.133. The van der Waals surface area contributed by atoms with Crippen LogP contribution in [0.3, 0.4) is 0 Å². The van der Waals surface area contributed by atoms with Crippen molar-refractivity contribution in [1.82, 2.24) is 0 Å². The van der Waals surface area contributed by atoms with Crippen molar-refractivity contribution in [2.45, 2.75) is 10.2 Å². The minimum absolute atomic E-state index is 0.549. The van der Waals surface area contributed by atoms with Crippen molar-refractivity contribution >= 4 is 27.7 Å². The van der Waals surface area contributed by atoms with E-state index in [2.05, 4.69) is 22.0 Å². The molecular formula is C15H12BrNOS. The predicted octanol–water partition coefficient (Wildman–Crippen LogP) is 4.97. The van der Waals surface area contributed by atoms with Crippen LogP contribution in [0.1, 0.15) is 11.1 Å². The van der Waals surface area contributed by atoms with Gasteiger partial charge in [-0.25, -0.2) is 0 Å². The van der Waals surface area contributed by atoms with Crippen LogP contribution >= 0.6 is 27.7 Å². The lowest BCUT2D eigenvalue weighted by molar-refractivity contribution is 0.469. The van der Waals surface area contributed by atoms with E-state index in [1.807, 2.05) is 48.7 Å². The first-order valence-electron chi connectivity index (χ1n) is 5.68. The molecule has 0 radical (unpaired) electrons. The van der Waals surface area contributed by atoms with E-state index in [1.165, 1.54) is 0 Å². The van der Waals surface area contributed by atoms with Gasteiger partial charge >= 0.3 is 0 Å². The van der Waals surface area contributed by atoms with Crippen molar-refractivity contribution in [3.8, 4) is 17.6 Å². The molecule has 19 heavy (non-hydrogen) atoms. The highest BCUT2D eigenvalue weighted by molar-refractivity contribution is 9.08. The Labute approximate surface area is 125 Å². The minimum Gasteiger partial charge on any atom is -0.455 e. The molecule has 0 N–H and O–H groups in total. The predicted molar refractivity (Wildman–Crippen MR) is 82.1 cm³/mol. The third kappa shape index (κ3) is 3.31. The Balaban J connectivity index is 2.36. The van der Waals surface area contributed by atoms with Gasteiger partial charge in [0, 0.05) is 10.2 Å². The first kappa shape index (κ1) is 14.0. The van der Waals surface area contributed by atoms with Gasteiger partial charge in [-0.05, 0) is 36.1 Å². The summed E-state index contributed by atoms with van der Waals surface area (Å²) in [4.78, 5) is 1.05. The number of nitrogens with zero attached hydrogens (tertiary/aromatic N) is 1. The largest absolute Gasteiger partial charge is 0.455 e. The van der Waals surface area contributed by atoms with Crippen molar-refractivity contribution in [2.75, 3.05) is 6.26 Å². The number of nitriles is 1. The Bertz CT molecular complexity index is 622. The van der Waals surface area contributed by atoms with Crippen molar-refractivity contribution in [2.24, 2.45) is 0 Å². The summed E-state index contributed by atoms with van der Waals surface area (Å²) in [6, 6.07) is 15.6. The number of para-hydroxylation sites is 1. The lowest BCUT2D eigenvalue weighted by Gasteiger charge is -2.11. The Morgan fingerprint density at radius 1 is 1.21 bits per heavy atom. The van der Waals surface area contributed by atoms with E-state index in [4.69, 9.17) is 4.74 Å². The minimum atomic E-state index is 0.549. The fourth-order valence-corrected chi connectivity index (χ4v) is 2.53. The van der Waals surface area contributed by atoms with E-state index in [0.717, 1.165) is 21.5 Å². The Morgan fingerprint density at radius 2 is 2.00 bits per heavy atom. The average Bonchev–Trinajstić information content (AvgIpc) is 2.48. The summed E-state index contributed by atoms with van der Waals surface area (Å²) in [5, 5.41) is 9.92. The molecule has 0 aliphatic rings. The number of ether oxygens (including phenoxy) is 1. The number of halogens is 1. The van der Waals surface area contributed by atoms with Gasteiger partial charge in [0.05, 0.1) is 5.56 Å². The Kier molecular flexibility index (Phi) is 4.89. The van der Waals surface area contributed by atoms with Crippen molar-refractivity contribution in [3.63, 3.8) is 0 Å². The van der Waals surface area contributed by atoms with Gasteiger partial charge in [0.15, 0.2) is 0 Å². The maximum atomic E-state index is 9.19. The quantitative estimate of drug-likeness (QED) is 0.585. The maximum Gasteiger partial charge on any atom is 0.145 e. The summed E-state index contributed by atoms with van der Waals surface area (Å²) < 4.78 is 5.86. The molecule has 0 unspecified atom stereocenters. The molecular weight excluding hydrogens is 322 g/mol. The zero-order valence-corrected chi connectivity index (χ0v) is 12.8. The highest BCUT2D eigenvalue weighted by Crippen LogP contribution is 2.33. The number of hydrogen-bond donors (Lipinski definition) is 0. The first-order chi connectivity index (χ1) is 9.28. The molecule has 0 spiro atoms. The Hall–Kier alpha value is -1.44. The molecule has 96 valence electrons. The van der Waals surface area contributed by atoms with Crippen molar-refractivity contribution < 1.29 is 4.74 Å². The van der Waals surface area contributed by atoms with Crippen LogP contribution < -0.4 is 4.74 Å². The van der Waals surface area contributed by atoms with Crippen LogP contribution in [0.2, 0.25) is 0 Å². The first-order valence-corrected chi connectivity index (χ1v) is 8.03. The van der Waals surface area contributed by atoms with Crippen LogP contribution in [-0.4, -0.2) is 6.26 Å². The lowest BCUT2D eigenvalue weighted by atomic mass is 10.1. The van der Waals surface area contributed by atoms with Crippen LogP contribution in [0.25, 0.3) is 0 Å². The SMILES string of the molecule is CSc1ccccc1Oc1ccc(CBr)cc1C#N. The molecule has 0 saturated carbocycles. The second-order valence-corrected chi connectivity index (χ2v) is 5.24. The molecule has 2 aromatic rings. The summed E-state index contributed by atoms with van der Waals surface area (Å²) in [5.41, 5.74) is 1.61. The van der Waals surface area contributed by atoms with E-state index in [-0.39, 0.29) is 0 Å². The summed E-state index contributed by atoms with van der Waals surface area (Å²) in [5.74, 6) is 1.37. The number of alkyl halides is 1. The lowest BCUT2D eigenvalue weighted by Crippen LogP contribution is -1.91. The number of rotatable bonds is 4. The van der Waals surface area contributed by atoms with E-state index >= 15 is 0 Å². The monoisotopic (exact) mass is 333 g/mol. The number of benzene rings is 2. The summed E-state index contributed by atoms with van der Waals surface area (Å²) >= 11 is 5.00. The Morgan fingerprint density at radius 3 is 2.68 bits per heavy atom. The van der Waals surface area contributed by atoms with E-state index in [1.54, 1.807) is 11.8 Å². The van der Waals surface area contributed by atoms with Gasteiger partial charge in [0.1, 0.15) is 17.6 Å². The van der Waals surface area contributed by atoms with Crippen LogP contribution in [0.15, 0.2) is 47.4 Å². The molecule has 2 rings (SSSR count). The normalized spacial score (nSPS) is 9.95. The summed E-state index contributed by atoms with van der Waals surface area (Å²) in [6.07, 6.45) is 2.00. The fourth-order valence-electron chi connectivity index (χ4n) is 1.66. The smallest absolute Gasteiger partial charge is 0.145 e. The van der Waals surface area contributed by atoms with Crippen molar-refractivity contribution in [1.29, 1.82) is 5.26 Å². The molecule has 0 bridgehead atoms. The number of thioether (sulfide) groups is 1. The molecule has 0 fully saturated rings. The second-order valence-electron chi connectivity index (χ2n) is 3.83. The molecule has 2 nitrogen and oxygen atoms in total. The van der Waals surface area contributed by atoms with Crippen LogP contribution in [0.5, 0.6) is 11.5 Å². The molecule has 0 aliphatic heterocycles. The highest BCUT2D eigenvalue weighted by Gasteiger charge is 2.08. The van der Waals surface area contributed by atoms with Gasteiger partial charge in [-0.2, -0.15) is 5.26 Å². The zero-order chi connectivity index (χ0) is 13.7. The highest BCUT2D eigenvalue weighted by atomic mass is 79.9. The summed E-state index contributed by atoms with van der Waals surface area (Å²) in [7, 11) is 0. The molecule has 0 amide bonds. The average molecular weight is 334 g/mol. The topological polar surface area (TPSA) is 33.0 Å². The van der Waals surface area contributed by atoms with Gasteiger partial charge in [-0.1, -0.05) is 34.1 Å². The third-order valence-electron chi connectivity index (χ3n) is 2.61. The van der Waals surface area contributed by atoms with Gasteiger partial charge in [0.2, 0.25) is 0 Å². The van der Waals surface area contributed by atoms with Crippen LogP contribution in [0, 0.1) is 11.3 Å². The molecule has 0 atom stereocenters. The van der Waals surface area contributed by atoms with E-state index in [9.17, 15) is 5.26 Å². The molecule has 0 heterocycles. The van der Waals surface area contributed by atoms with Gasteiger partial charge in [-0.3, -0.25) is 0 Å². The molecule has 4 heteroatoms. The molecule has 0 aliphatic carbocycles. The molecule has 0 aromatic heterocycles. The molecule has 0 saturated heterocycles.